The Morgan fingerprint density at radius 1 is 1.45 bits per heavy atom. The Morgan fingerprint density at radius 2 is 2.30 bits per heavy atom. The number of aryl methyl sites for hydroxylation is 1. The summed E-state index contributed by atoms with van der Waals surface area (Å²) in [5, 5.41) is 8.93. The molecule has 0 unspecified atom stereocenters. The summed E-state index contributed by atoms with van der Waals surface area (Å²) in [7, 11) is 0. The lowest BCUT2D eigenvalue weighted by Crippen LogP contribution is -2.23. The average Bonchev–Trinajstić information content (AvgIpc) is 2.88. The number of nitrogens with one attached hydrogen (secondary N) is 2. The van der Waals surface area contributed by atoms with Crippen LogP contribution in [0.15, 0.2) is 23.7 Å². The van der Waals surface area contributed by atoms with Crippen LogP contribution in [0.1, 0.15) is 34.5 Å². The highest BCUT2D eigenvalue weighted by molar-refractivity contribution is 7.09. The number of nitrogens with zero attached hydrogens (tertiary/aromatic N) is 2. The third-order valence-electron chi connectivity index (χ3n) is 2.64. The van der Waals surface area contributed by atoms with Gasteiger partial charge in [0.1, 0.15) is 10.7 Å². The standard InChI is InChI=1S/C14H18N4OS/c1-3-5-15-11-4-6-16-12(7-11)14(19)17-8-13-18-10(2)9-20-13/h4,6-7,9H,3,5,8H2,1-2H3,(H,15,16)(H,17,19). The summed E-state index contributed by atoms with van der Waals surface area (Å²) in [4.78, 5) is 20.4. The van der Waals surface area contributed by atoms with Crippen LogP contribution in [0.25, 0.3) is 0 Å². The SMILES string of the molecule is CCCNc1ccnc(C(=O)NCc2nc(C)cs2)c1. The van der Waals surface area contributed by atoms with Crippen LogP contribution < -0.4 is 10.6 Å². The Labute approximate surface area is 122 Å². The first kappa shape index (κ1) is 14.5. The van der Waals surface area contributed by atoms with Crippen molar-refractivity contribution in [3.05, 3.63) is 40.1 Å². The lowest BCUT2D eigenvalue weighted by molar-refractivity contribution is 0.0946. The zero-order chi connectivity index (χ0) is 14.4. The van der Waals surface area contributed by atoms with E-state index in [1.165, 1.54) is 0 Å². The van der Waals surface area contributed by atoms with Gasteiger partial charge < -0.3 is 10.6 Å². The van der Waals surface area contributed by atoms with Gasteiger partial charge in [-0.25, -0.2) is 4.98 Å². The van der Waals surface area contributed by atoms with Crippen LogP contribution in [0.5, 0.6) is 0 Å². The minimum atomic E-state index is -0.182. The molecule has 0 spiro atoms. The van der Waals surface area contributed by atoms with Crippen molar-refractivity contribution < 1.29 is 4.79 Å². The molecule has 0 bridgehead atoms. The van der Waals surface area contributed by atoms with Crippen LogP contribution in [-0.2, 0) is 6.54 Å². The van der Waals surface area contributed by atoms with Gasteiger partial charge in [0.05, 0.1) is 6.54 Å². The van der Waals surface area contributed by atoms with Gasteiger partial charge in [0, 0.05) is 29.5 Å². The maximum absolute atomic E-state index is 12.0. The van der Waals surface area contributed by atoms with Crippen molar-refractivity contribution in [2.75, 3.05) is 11.9 Å². The van der Waals surface area contributed by atoms with Gasteiger partial charge >= 0.3 is 0 Å². The quantitative estimate of drug-likeness (QED) is 0.858. The third kappa shape index (κ3) is 4.03. The molecule has 0 fully saturated rings. The van der Waals surface area contributed by atoms with Crippen LogP contribution in [0, 0.1) is 6.92 Å². The number of carbonyl (C=O) groups excluding carboxylic acids is 1. The van der Waals surface area contributed by atoms with Crippen LogP contribution in [0.2, 0.25) is 0 Å². The summed E-state index contributed by atoms with van der Waals surface area (Å²) < 4.78 is 0. The second-order valence-electron chi connectivity index (χ2n) is 4.42. The largest absolute Gasteiger partial charge is 0.385 e. The van der Waals surface area contributed by atoms with Crippen molar-refractivity contribution in [3.63, 3.8) is 0 Å². The fourth-order valence-corrected chi connectivity index (χ4v) is 2.38. The van der Waals surface area contributed by atoms with Crippen molar-refractivity contribution in [2.24, 2.45) is 0 Å². The topological polar surface area (TPSA) is 66.9 Å². The van der Waals surface area contributed by atoms with Crippen LogP contribution in [-0.4, -0.2) is 22.4 Å². The van der Waals surface area contributed by atoms with Crippen molar-refractivity contribution in [2.45, 2.75) is 26.8 Å². The number of hydrogen-bond acceptors (Lipinski definition) is 5. The Hall–Kier alpha value is -1.95. The number of carbonyl (C=O) groups is 1. The third-order valence-corrected chi connectivity index (χ3v) is 3.61. The molecule has 0 radical (unpaired) electrons. The lowest BCUT2D eigenvalue weighted by Gasteiger charge is -2.06. The van der Waals surface area contributed by atoms with E-state index in [2.05, 4.69) is 27.5 Å². The minimum absolute atomic E-state index is 0.182. The van der Waals surface area contributed by atoms with Gasteiger partial charge in [-0.3, -0.25) is 9.78 Å². The van der Waals surface area contributed by atoms with Gasteiger partial charge in [-0.2, -0.15) is 0 Å². The number of pyridine rings is 1. The van der Waals surface area contributed by atoms with Gasteiger partial charge in [0.25, 0.3) is 5.91 Å². The Balaban J connectivity index is 1.94. The molecule has 2 aromatic heterocycles. The fourth-order valence-electron chi connectivity index (χ4n) is 1.66. The Kier molecular flexibility index (Phi) is 5.06. The second-order valence-corrected chi connectivity index (χ2v) is 5.36. The number of rotatable bonds is 6. The number of aromatic nitrogens is 2. The predicted octanol–water partition coefficient (Wildman–Crippen LogP) is 2.60. The van der Waals surface area contributed by atoms with E-state index in [1.54, 1.807) is 23.6 Å². The fraction of sp³-hybridized carbons (Fsp3) is 0.357. The molecule has 20 heavy (non-hydrogen) atoms. The van der Waals surface area contributed by atoms with E-state index in [0.717, 1.165) is 29.4 Å². The molecule has 0 aliphatic rings. The van der Waals surface area contributed by atoms with E-state index < -0.39 is 0 Å². The number of amides is 1. The minimum Gasteiger partial charge on any atom is -0.385 e. The van der Waals surface area contributed by atoms with Gasteiger partial charge in [-0.15, -0.1) is 11.3 Å². The summed E-state index contributed by atoms with van der Waals surface area (Å²) in [5.74, 6) is -0.182. The van der Waals surface area contributed by atoms with E-state index in [-0.39, 0.29) is 5.91 Å². The molecule has 0 aromatic carbocycles. The first-order valence-corrected chi connectivity index (χ1v) is 7.46. The van der Waals surface area contributed by atoms with E-state index in [0.29, 0.717) is 12.2 Å². The molecule has 0 aliphatic heterocycles. The van der Waals surface area contributed by atoms with Crippen molar-refractivity contribution in [3.8, 4) is 0 Å². The monoisotopic (exact) mass is 290 g/mol. The first-order chi connectivity index (χ1) is 9.69. The Morgan fingerprint density at radius 3 is 3.00 bits per heavy atom. The van der Waals surface area contributed by atoms with Crippen molar-refractivity contribution >= 4 is 22.9 Å². The summed E-state index contributed by atoms with van der Waals surface area (Å²) >= 11 is 1.54. The normalized spacial score (nSPS) is 10.3. The van der Waals surface area contributed by atoms with E-state index in [9.17, 15) is 4.79 Å². The highest BCUT2D eigenvalue weighted by Gasteiger charge is 2.08. The number of hydrogen-bond donors (Lipinski definition) is 2. The molecule has 1 amide bonds. The molecule has 2 aromatic rings. The second kappa shape index (κ2) is 7.00. The van der Waals surface area contributed by atoms with E-state index in [4.69, 9.17) is 0 Å². The molecule has 0 saturated carbocycles. The molecule has 2 rings (SSSR count). The average molecular weight is 290 g/mol. The number of anilines is 1. The predicted molar refractivity (Wildman–Crippen MR) is 81.0 cm³/mol. The summed E-state index contributed by atoms with van der Waals surface area (Å²) in [6, 6.07) is 3.62. The molecule has 6 heteroatoms. The number of thiazole rings is 1. The summed E-state index contributed by atoms with van der Waals surface area (Å²) in [6.45, 7) is 5.35. The molecule has 106 valence electrons. The van der Waals surface area contributed by atoms with Crippen LogP contribution >= 0.6 is 11.3 Å². The smallest absolute Gasteiger partial charge is 0.270 e. The van der Waals surface area contributed by atoms with Crippen LogP contribution in [0.3, 0.4) is 0 Å². The van der Waals surface area contributed by atoms with Crippen molar-refractivity contribution in [1.82, 2.24) is 15.3 Å². The molecule has 0 atom stereocenters. The van der Waals surface area contributed by atoms with Crippen molar-refractivity contribution in [1.29, 1.82) is 0 Å². The van der Waals surface area contributed by atoms with E-state index >= 15 is 0 Å². The highest BCUT2D eigenvalue weighted by atomic mass is 32.1. The summed E-state index contributed by atoms with van der Waals surface area (Å²) in [5.41, 5.74) is 2.31. The molecule has 2 heterocycles. The van der Waals surface area contributed by atoms with E-state index in [1.807, 2.05) is 18.4 Å². The van der Waals surface area contributed by atoms with Gasteiger partial charge in [0.15, 0.2) is 0 Å². The molecular weight excluding hydrogens is 272 g/mol. The maximum atomic E-state index is 12.0. The lowest BCUT2D eigenvalue weighted by atomic mass is 10.3. The highest BCUT2D eigenvalue weighted by Crippen LogP contribution is 2.10. The van der Waals surface area contributed by atoms with Gasteiger partial charge in [0.2, 0.25) is 0 Å². The zero-order valence-electron chi connectivity index (χ0n) is 11.6. The molecule has 0 saturated heterocycles. The first-order valence-electron chi connectivity index (χ1n) is 6.58. The molecule has 0 aliphatic carbocycles. The molecule has 2 N–H and O–H groups in total. The molecule has 5 nitrogen and oxygen atoms in total. The molecular formula is C14H18N4OS. The van der Waals surface area contributed by atoms with Gasteiger partial charge in [-0.05, 0) is 25.5 Å². The van der Waals surface area contributed by atoms with Gasteiger partial charge in [-0.1, -0.05) is 6.92 Å². The Bertz CT molecular complexity index is 582. The van der Waals surface area contributed by atoms with Crippen LogP contribution in [0.4, 0.5) is 5.69 Å². The zero-order valence-corrected chi connectivity index (χ0v) is 12.5. The summed E-state index contributed by atoms with van der Waals surface area (Å²) in [6.07, 6.45) is 2.67. The maximum Gasteiger partial charge on any atom is 0.270 e.